The molecule has 9 nitrogen and oxygen atoms in total. The molecule has 3 rings (SSSR count). The lowest BCUT2D eigenvalue weighted by atomic mass is 10.1. The van der Waals surface area contributed by atoms with Crippen molar-refractivity contribution >= 4 is 11.6 Å². The van der Waals surface area contributed by atoms with Crippen LogP contribution < -0.4 is 15.1 Å². The third kappa shape index (κ3) is 4.36. The summed E-state index contributed by atoms with van der Waals surface area (Å²) in [5.41, 5.74) is 1.92. The highest BCUT2D eigenvalue weighted by atomic mass is 16.3. The SMILES string of the molecule is CCn1nc(C)c(C(C)NC[C@H]2C[C@@H](O)CN2c2cc(N(C)C)ncn2)n1. The number of aromatic nitrogens is 5. The fourth-order valence-corrected chi connectivity index (χ4v) is 3.50. The summed E-state index contributed by atoms with van der Waals surface area (Å²) in [6, 6.07) is 2.22. The Morgan fingerprint density at radius 3 is 2.78 bits per heavy atom. The Kier molecular flexibility index (Phi) is 5.91. The number of aryl methyl sites for hydroxylation is 2. The van der Waals surface area contributed by atoms with Gasteiger partial charge in [-0.25, -0.2) is 9.97 Å². The summed E-state index contributed by atoms with van der Waals surface area (Å²) in [6.45, 7) is 8.19. The van der Waals surface area contributed by atoms with Gasteiger partial charge in [-0.2, -0.15) is 15.0 Å². The topological polar surface area (TPSA) is 95.2 Å². The molecule has 9 heteroatoms. The molecular weight excluding hydrogens is 344 g/mol. The third-order valence-electron chi connectivity index (χ3n) is 4.99. The summed E-state index contributed by atoms with van der Waals surface area (Å²) >= 11 is 0. The number of hydrogen-bond acceptors (Lipinski definition) is 8. The van der Waals surface area contributed by atoms with Crippen molar-refractivity contribution in [2.75, 3.05) is 37.0 Å². The number of nitrogens with one attached hydrogen (secondary N) is 1. The highest BCUT2D eigenvalue weighted by molar-refractivity contribution is 5.51. The first-order valence-electron chi connectivity index (χ1n) is 9.48. The fraction of sp³-hybridized carbons (Fsp3) is 0.667. The number of aliphatic hydroxyl groups is 1. The van der Waals surface area contributed by atoms with E-state index in [1.165, 1.54) is 0 Å². The molecular formula is C18H30N8O. The molecule has 2 aromatic rings. The minimum Gasteiger partial charge on any atom is -0.391 e. The summed E-state index contributed by atoms with van der Waals surface area (Å²) < 4.78 is 0. The van der Waals surface area contributed by atoms with Gasteiger partial charge in [-0.05, 0) is 27.2 Å². The predicted molar refractivity (Wildman–Crippen MR) is 105 cm³/mol. The zero-order chi connectivity index (χ0) is 19.6. The van der Waals surface area contributed by atoms with Gasteiger partial charge in [-0.15, -0.1) is 0 Å². The summed E-state index contributed by atoms with van der Waals surface area (Å²) in [4.78, 5) is 14.5. The van der Waals surface area contributed by atoms with E-state index in [-0.39, 0.29) is 18.2 Å². The van der Waals surface area contributed by atoms with E-state index in [1.54, 1.807) is 11.1 Å². The molecule has 1 fully saturated rings. The third-order valence-corrected chi connectivity index (χ3v) is 4.99. The van der Waals surface area contributed by atoms with Gasteiger partial charge in [-0.3, -0.25) is 0 Å². The van der Waals surface area contributed by atoms with Gasteiger partial charge in [0.05, 0.1) is 24.4 Å². The van der Waals surface area contributed by atoms with E-state index in [2.05, 4.69) is 37.3 Å². The van der Waals surface area contributed by atoms with Crippen molar-refractivity contribution in [3.05, 3.63) is 23.8 Å². The van der Waals surface area contributed by atoms with E-state index in [9.17, 15) is 5.11 Å². The lowest BCUT2D eigenvalue weighted by Gasteiger charge is -2.27. The lowest BCUT2D eigenvalue weighted by Crippen LogP contribution is -2.39. The van der Waals surface area contributed by atoms with Gasteiger partial charge < -0.3 is 20.2 Å². The quantitative estimate of drug-likeness (QED) is 0.733. The Labute approximate surface area is 160 Å². The highest BCUT2D eigenvalue weighted by Crippen LogP contribution is 2.26. The number of nitrogens with zero attached hydrogens (tertiary/aromatic N) is 7. The molecule has 148 valence electrons. The number of β-amino-alcohol motifs (C(OH)–C–C–N with tert-alkyl or cyclic N) is 1. The van der Waals surface area contributed by atoms with E-state index in [0.29, 0.717) is 13.0 Å². The number of aliphatic hydroxyl groups excluding tert-OH is 1. The van der Waals surface area contributed by atoms with Crippen LogP contribution in [0, 0.1) is 6.92 Å². The zero-order valence-electron chi connectivity index (χ0n) is 16.8. The standard InChI is InChI=1S/C18H30N8O/c1-6-26-22-13(3)18(23-26)12(2)19-9-14-7-15(27)10-25(14)17-8-16(24(4)5)20-11-21-17/h8,11-12,14-15,19,27H,6-7,9-10H2,1-5H3/t12?,14-,15-/m1/s1. The van der Waals surface area contributed by atoms with Crippen LogP contribution in [0.5, 0.6) is 0 Å². The normalized spacial score (nSPS) is 20.9. The molecule has 1 saturated heterocycles. The minimum atomic E-state index is -0.354. The average molecular weight is 374 g/mol. The smallest absolute Gasteiger partial charge is 0.134 e. The van der Waals surface area contributed by atoms with Crippen molar-refractivity contribution in [1.29, 1.82) is 0 Å². The van der Waals surface area contributed by atoms with Gasteiger partial charge >= 0.3 is 0 Å². The van der Waals surface area contributed by atoms with E-state index in [4.69, 9.17) is 0 Å². The highest BCUT2D eigenvalue weighted by Gasteiger charge is 2.32. The molecule has 3 heterocycles. The zero-order valence-corrected chi connectivity index (χ0v) is 16.8. The van der Waals surface area contributed by atoms with E-state index in [0.717, 1.165) is 36.1 Å². The number of anilines is 2. The second-order valence-electron chi connectivity index (χ2n) is 7.31. The lowest BCUT2D eigenvalue weighted by molar-refractivity contribution is 0.193. The molecule has 1 aliphatic heterocycles. The van der Waals surface area contributed by atoms with E-state index in [1.807, 2.05) is 38.9 Å². The molecule has 0 bridgehead atoms. The monoisotopic (exact) mass is 374 g/mol. The van der Waals surface area contributed by atoms with Gasteiger partial charge in [0.2, 0.25) is 0 Å². The van der Waals surface area contributed by atoms with E-state index >= 15 is 0 Å². The van der Waals surface area contributed by atoms with Crippen molar-refractivity contribution in [2.45, 2.75) is 51.9 Å². The van der Waals surface area contributed by atoms with Crippen LogP contribution in [-0.4, -0.2) is 69.4 Å². The van der Waals surface area contributed by atoms with Crippen LogP contribution in [0.25, 0.3) is 0 Å². The predicted octanol–water partition coefficient (Wildman–Crippen LogP) is 0.753. The Bertz CT molecular complexity index is 762. The summed E-state index contributed by atoms with van der Waals surface area (Å²) in [6.07, 6.45) is 1.93. The van der Waals surface area contributed by atoms with Crippen LogP contribution in [0.2, 0.25) is 0 Å². The Hall–Kier alpha value is -2.26. The Balaban J connectivity index is 1.69. The molecule has 2 aromatic heterocycles. The van der Waals surface area contributed by atoms with Crippen molar-refractivity contribution < 1.29 is 5.11 Å². The Morgan fingerprint density at radius 2 is 2.11 bits per heavy atom. The summed E-state index contributed by atoms with van der Waals surface area (Å²) in [5, 5.41) is 22.8. The van der Waals surface area contributed by atoms with Crippen molar-refractivity contribution in [1.82, 2.24) is 30.3 Å². The maximum absolute atomic E-state index is 10.2. The maximum Gasteiger partial charge on any atom is 0.134 e. The summed E-state index contributed by atoms with van der Waals surface area (Å²) in [7, 11) is 3.91. The molecule has 1 unspecified atom stereocenters. The van der Waals surface area contributed by atoms with Crippen LogP contribution >= 0.6 is 0 Å². The first-order valence-corrected chi connectivity index (χ1v) is 9.48. The van der Waals surface area contributed by atoms with Crippen LogP contribution in [0.15, 0.2) is 12.4 Å². The fourth-order valence-electron chi connectivity index (χ4n) is 3.50. The molecule has 0 spiro atoms. The van der Waals surface area contributed by atoms with Gasteiger partial charge in [0.15, 0.2) is 0 Å². The molecule has 0 saturated carbocycles. The van der Waals surface area contributed by atoms with Crippen molar-refractivity contribution in [2.24, 2.45) is 0 Å². The molecule has 27 heavy (non-hydrogen) atoms. The first-order chi connectivity index (χ1) is 12.9. The number of rotatable bonds is 7. The molecule has 2 N–H and O–H groups in total. The molecule has 0 amide bonds. The molecule has 0 radical (unpaired) electrons. The van der Waals surface area contributed by atoms with Crippen LogP contribution in [-0.2, 0) is 6.54 Å². The second kappa shape index (κ2) is 8.18. The molecule has 1 aliphatic rings. The van der Waals surface area contributed by atoms with Crippen molar-refractivity contribution in [3.8, 4) is 0 Å². The Morgan fingerprint density at radius 1 is 1.33 bits per heavy atom. The average Bonchev–Trinajstić information content (AvgIpc) is 3.22. The van der Waals surface area contributed by atoms with Crippen LogP contribution in [0.4, 0.5) is 11.6 Å². The van der Waals surface area contributed by atoms with Gasteiger partial charge in [0, 0.05) is 39.3 Å². The summed E-state index contributed by atoms with van der Waals surface area (Å²) in [5.74, 6) is 1.70. The van der Waals surface area contributed by atoms with Gasteiger partial charge in [-0.1, -0.05) is 0 Å². The first kappa shape index (κ1) is 19.5. The van der Waals surface area contributed by atoms with E-state index < -0.39 is 0 Å². The minimum absolute atomic E-state index is 0.0904. The van der Waals surface area contributed by atoms with Crippen molar-refractivity contribution in [3.63, 3.8) is 0 Å². The van der Waals surface area contributed by atoms with Gasteiger partial charge in [0.1, 0.15) is 23.7 Å². The van der Waals surface area contributed by atoms with Crippen LogP contribution in [0.3, 0.4) is 0 Å². The van der Waals surface area contributed by atoms with Gasteiger partial charge in [0.25, 0.3) is 0 Å². The number of hydrogen-bond donors (Lipinski definition) is 2. The molecule has 0 aromatic carbocycles. The largest absolute Gasteiger partial charge is 0.391 e. The second-order valence-corrected chi connectivity index (χ2v) is 7.31. The maximum atomic E-state index is 10.2. The van der Waals surface area contributed by atoms with Crippen LogP contribution in [0.1, 0.15) is 37.7 Å². The molecule has 3 atom stereocenters. The molecule has 0 aliphatic carbocycles.